The number of thioether (sulfide) groups is 1. The van der Waals surface area contributed by atoms with Crippen LogP contribution in [0.4, 0.5) is 0 Å². The number of tetrazole rings is 1. The van der Waals surface area contributed by atoms with E-state index in [0.717, 1.165) is 36.5 Å². The third-order valence-electron chi connectivity index (χ3n) is 3.32. The van der Waals surface area contributed by atoms with Gasteiger partial charge in [0.25, 0.3) is 0 Å². The van der Waals surface area contributed by atoms with Gasteiger partial charge < -0.3 is 10.1 Å². The van der Waals surface area contributed by atoms with Gasteiger partial charge in [0.15, 0.2) is 0 Å². The summed E-state index contributed by atoms with van der Waals surface area (Å²) < 4.78 is 7.28. The highest BCUT2D eigenvalue weighted by Crippen LogP contribution is 2.21. The molecule has 1 aliphatic carbocycles. The van der Waals surface area contributed by atoms with Gasteiger partial charge in [-0.15, -0.1) is 5.10 Å². The maximum absolute atomic E-state index is 5.40. The Bertz CT molecular complexity index is 391. The zero-order chi connectivity index (χ0) is 13.7. The maximum atomic E-state index is 5.40. The van der Waals surface area contributed by atoms with Gasteiger partial charge in [0, 0.05) is 25.4 Å². The number of aromatic nitrogens is 4. The van der Waals surface area contributed by atoms with Crippen molar-refractivity contribution in [2.75, 3.05) is 19.4 Å². The molecule has 1 N–H and O–H groups in total. The summed E-state index contributed by atoms with van der Waals surface area (Å²) in [6, 6.07) is 0.732. The average molecular weight is 285 g/mol. The predicted molar refractivity (Wildman–Crippen MR) is 75.3 cm³/mol. The Hall–Kier alpha value is -0.660. The SMILES string of the molecule is COC(C)(C)CCSc1nnnn1CCNC1CC1. The Morgan fingerprint density at radius 1 is 1.47 bits per heavy atom. The molecule has 0 atom stereocenters. The molecule has 0 aliphatic heterocycles. The Morgan fingerprint density at radius 2 is 2.26 bits per heavy atom. The lowest BCUT2D eigenvalue weighted by Crippen LogP contribution is -2.24. The monoisotopic (exact) mass is 285 g/mol. The minimum atomic E-state index is -0.0845. The van der Waals surface area contributed by atoms with Crippen molar-refractivity contribution in [3.8, 4) is 0 Å². The fourth-order valence-electron chi connectivity index (χ4n) is 1.59. The van der Waals surface area contributed by atoms with Crippen molar-refractivity contribution in [1.29, 1.82) is 0 Å². The van der Waals surface area contributed by atoms with Crippen LogP contribution in [-0.4, -0.2) is 51.3 Å². The van der Waals surface area contributed by atoms with Gasteiger partial charge in [-0.2, -0.15) is 0 Å². The molecule has 0 amide bonds. The molecule has 1 fully saturated rings. The molecule has 0 aromatic carbocycles. The molecule has 1 saturated carbocycles. The van der Waals surface area contributed by atoms with Crippen LogP contribution in [-0.2, 0) is 11.3 Å². The summed E-state index contributed by atoms with van der Waals surface area (Å²) in [6.45, 7) is 5.96. The van der Waals surface area contributed by atoms with Crippen LogP contribution in [0.1, 0.15) is 33.1 Å². The summed E-state index contributed by atoms with van der Waals surface area (Å²) in [5.41, 5.74) is -0.0845. The molecule has 19 heavy (non-hydrogen) atoms. The molecule has 6 nitrogen and oxygen atoms in total. The first kappa shape index (κ1) is 14.7. The number of nitrogens with one attached hydrogen (secondary N) is 1. The highest BCUT2D eigenvalue weighted by molar-refractivity contribution is 7.99. The van der Waals surface area contributed by atoms with E-state index in [2.05, 4.69) is 34.7 Å². The lowest BCUT2D eigenvalue weighted by molar-refractivity contribution is 0.0206. The van der Waals surface area contributed by atoms with Crippen molar-refractivity contribution < 1.29 is 4.74 Å². The topological polar surface area (TPSA) is 64.9 Å². The van der Waals surface area contributed by atoms with Crippen LogP contribution >= 0.6 is 11.8 Å². The van der Waals surface area contributed by atoms with Crippen LogP contribution in [0, 0.1) is 0 Å². The van der Waals surface area contributed by atoms with Crippen LogP contribution in [0.3, 0.4) is 0 Å². The first-order valence-electron chi connectivity index (χ1n) is 6.78. The lowest BCUT2D eigenvalue weighted by atomic mass is 10.1. The van der Waals surface area contributed by atoms with Crippen molar-refractivity contribution in [3.05, 3.63) is 0 Å². The summed E-state index contributed by atoms with van der Waals surface area (Å²) in [4.78, 5) is 0. The molecule has 0 radical (unpaired) electrons. The van der Waals surface area contributed by atoms with Crippen LogP contribution in [0.5, 0.6) is 0 Å². The Balaban J connectivity index is 1.71. The molecule has 2 rings (SSSR count). The molecule has 1 aromatic rings. The van der Waals surface area contributed by atoms with Gasteiger partial charge in [0.1, 0.15) is 0 Å². The quantitative estimate of drug-likeness (QED) is 0.691. The summed E-state index contributed by atoms with van der Waals surface area (Å²) in [6.07, 6.45) is 3.59. The average Bonchev–Trinajstić information content (AvgIpc) is 3.10. The van der Waals surface area contributed by atoms with Crippen molar-refractivity contribution in [2.24, 2.45) is 0 Å². The van der Waals surface area contributed by atoms with Crippen molar-refractivity contribution in [3.63, 3.8) is 0 Å². The van der Waals surface area contributed by atoms with E-state index < -0.39 is 0 Å². The lowest BCUT2D eigenvalue weighted by Gasteiger charge is -2.22. The third kappa shape index (κ3) is 5.08. The standard InChI is InChI=1S/C12H23N5OS/c1-12(2,18-3)6-9-19-11-14-15-16-17(11)8-7-13-10-4-5-10/h10,13H,4-9H2,1-3H3. The molecule has 1 heterocycles. The van der Waals surface area contributed by atoms with Crippen LogP contribution in [0.2, 0.25) is 0 Å². The second-order valence-electron chi connectivity index (χ2n) is 5.48. The summed E-state index contributed by atoms with van der Waals surface area (Å²) in [5, 5.41) is 16.2. The van der Waals surface area contributed by atoms with E-state index in [1.54, 1.807) is 18.9 Å². The fourth-order valence-corrected chi connectivity index (χ4v) is 2.74. The van der Waals surface area contributed by atoms with E-state index in [1.165, 1.54) is 12.8 Å². The summed E-state index contributed by atoms with van der Waals surface area (Å²) >= 11 is 1.69. The van der Waals surface area contributed by atoms with Crippen LogP contribution < -0.4 is 5.32 Å². The molecular weight excluding hydrogens is 262 g/mol. The van der Waals surface area contributed by atoms with Gasteiger partial charge in [0.05, 0.1) is 12.1 Å². The zero-order valence-electron chi connectivity index (χ0n) is 11.9. The molecular formula is C12H23N5OS. The summed E-state index contributed by atoms with van der Waals surface area (Å²) in [7, 11) is 1.75. The molecule has 108 valence electrons. The number of ether oxygens (including phenoxy) is 1. The Labute approximate surface area is 118 Å². The molecule has 1 aliphatic rings. The minimum absolute atomic E-state index is 0.0845. The van der Waals surface area contributed by atoms with Gasteiger partial charge in [-0.05, 0) is 43.5 Å². The number of methoxy groups -OCH3 is 1. The largest absolute Gasteiger partial charge is 0.379 e. The number of hydrogen-bond donors (Lipinski definition) is 1. The zero-order valence-corrected chi connectivity index (χ0v) is 12.7. The van der Waals surface area contributed by atoms with Crippen LogP contribution in [0.25, 0.3) is 0 Å². The Morgan fingerprint density at radius 3 is 2.95 bits per heavy atom. The molecule has 1 aromatic heterocycles. The van der Waals surface area contributed by atoms with E-state index in [4.69, 9.17) is 4.74 Å². The number of hydrogen-bond acceptors (Lipinski definition) is 6. The maximum Gasteiger partial charge on any atom is 0.209 e. The van der Waals surface area contributed by atoms with E-state index in [-0.39, 0.29) is 5.60 Å². The van der Waals surface area contributed by atoms with Gasteiger partial charge >= 0.3 is 0 Å². The molecule has 0 bridgehead atoms. The fraction of sp³-hybridized carbons (Fsp3) is 0.917. The molecule has 7 heteroatoms. The first-order chi connectivity index (χ1) is 9.11. The normalized spacial score (nSPS) is 15.9. The molecule has 0 unspecified atom stereocenters. The van der Waals surface area contributed by atoms with Crippen LogP contribution in [0.15, 0.2) is 5.16 Å². The second kappa shape index (κ2) is 6.67. The van der Waals surface area contributed by atoms with Gasteiger partial charge in [0.2, 0.25) is 5.16 Å². The van der Waals surface area contributed by atoms with Gasteiger partial charge in [-0.25, -0.2) is 4.68 Å². The van der Waals surface area contributed by atoms with Crippen molar-refractivity contribution >= 4 is 11.8 Å². The Kier molecular flexibility index (Phi) is 5.18. The smallest absolute Gasteiger partial charge is 0.209 e. The highest BCUT2D eigenvalue weighted by atomic mass is 32.2. The summed E-state index contributed by atoms with van der Waals surface area (Å²) in [5.74, 6) is 0.956. The van der Waals surface area contributed by atoms with E-state index in [1.807, 2.05) is 4.68 Å². The first-order valence-corrected chi connectivity index (χ1v) is 7.77. The highest BCUT2D eigenvalue weighted by Gasteiger charge is 2.20. The third-order valence-corrected chi connectivity index (χ3v) is 4.28. The van der Waals surface area contributed by atoms with E-state index in [0.29, 0.717) is 0 Å². The molecule has 0 spiro atoms. The number of nitrogens with zero attached hydrogens (tertiary/aromatic N) is 4. The second-order valence-corrected chi connectivity index (χ2v) is 6.54. The molecule has 0 saturated heterocycles. The van der Waals surface area contributed by atoms with Gasteiger partial charge in [-0.3, -0.25) is 0 Å². The van der Waals surface area contributed by atoms with Crippen molar-refractivity contribution in [1.82, 2.24) is 25.5 Å². The minimum Gasteiger partial charge on any atom is -0.379 e. The van der Waals surface area contributed by atoms with Gasteiger partial charge in [-0.1, -0.05) is 11.8 Å². The number of rotatable bonds is 9. The van der Waals surface area contributed by atoms with Crippen molar-refractivity contribution in [2.45, 2.75) is 56.5 Å². The van der Waals surface area contributed by atoms with E-state index in [9.17, 15) is 0 Å². The van der Waals surface area contributed by atoms with E-state index >= 15 is 0 Å². The predicted octanol–water partition coefficient (Wildman–Crippen LogP) is 1.33.